The molecule has 1 atom stereocenters. The largest absolute Gasteiger partial charge is 0.494 e. The molecule has 1 N–H and O–H groups in total. The first-order valence-corrected chi connectivity index (χ1v) is 7.56. The van der Waals surface area contributed by atoms with Gasteiger partial charge in [-0.2, -0.15) is 0 Å². The van der Waals surface area contributed by atoms with Crippen LogP contribution in [0.1, 0.15) is 29.0 Å². The molecule has 1 heterocycles. The van der Waals surface area contributed by atoms with E-state index in [9.17, 15) is 0 Å². The Labute approximate surface area is 123 Å². The molecular weight excluding hydrogens is 278 g/mol. The Hall–Kier alpha value is -1.03. The Morgan fingerprint density at radius 1 is 1.42 bits per heavy atom. The molecule has 1 unspecified atom stereocenters. The van der Waals surface area contributed by atoms with Crippen molar-refractivity contribution in [3.63, 3.8) is 0 Å². The highest BCUT2D eigenvalue weighted by atomic mass is 35.5. The minimum absolute atomic E-state index is 0.103. The Balaban J connectivity index is 2.36. The van der Waals surface area contributed by atoms with E-state index in [1.165, 1.54) is 0 Å². The molecule has 0 saturated carbocycles. The summed E-state index contributed by atoms with van der Waals surface area (Å²) in [5.74, 6) is 0.893. The van der Waals surface area contributed by atoms with Crippen molar-refractivity contribution < 1.29 is 4.74 Å². The van der Waals surface area contributed by atoms with E-state index in [4.69, 9.17) is 16.3 Å². The molecule has 0 spiro atoms. The molecule has 2 nitrogen and oxygen atoms in total. The van der Waals surface area contributed by atoms with E-state index in [1.54, 1.807) is 11.3 Å². The van der Waals surface area contributed by atoms with Crippen molar-refractivity contribution in [1.82, 2.24) is 5.32 Å². The molecule has 0 aliphatic carbocycles. The highest BCUT2D eigenvalue weighted by Crippen LogP contribution is 2.36. The van der Waals surface area contributed by atoms with Crippen molar-refractivity contribution in [3.05, 3.63) is 50.7 Å². The smallest absolute Gasteiger partial charge is 0.119 e. The van der Waals surface area contributed by atoms with Crippen LogP contribution in [0.25, 0.3) is 0 Å². The van der Waals surface area contributed by atoms with Gasteiger partial charge < -0.3 is 10.1 Å². The van der Waals surface area contributed by atoms with E-state index in [1.807, 2.05) is 33.0 Å². The normalized spacial score (nSPS) is 12.4. The maximum absolute atomic E-state index is 6.37. The van der Waals surface area contributed by atoms with Gasteiger partial charge in [0, 0.05) is 4.88 Å². The van der Waals surface area contributed by atoms with Gasteiger partial charge in [0.05, 0.1) is 17.7 Å². The summed E-state index contributed by atoms with van der Waals surface area (Å²) >= 11 is 8.06. The molecule has 19 heavy (non-hydrogen) atoms. The van der Waals surface area contributed by atoms with Gasteiger partial charge in [0.25, 0.3) is 0 Å². The number of aryl methyl sites for hydroxylation is 1. The van der Waals surface area contributed by atoms with E-state index in [0.29, 0.717) is 6.61 Å². The molecule has 1 aromatic carbocycles. The van der Waals surface area contributed by atoms with Crippen LogP contribution in [0.2, 0.25) is 5.02 Å². The van der Waals surface area contributed by atoms with Gasteiger partial charge in [-0.05, 0) is 49.5 Å². The maximum Gasteiger partial charge on any atom is 0.119 e. The molecule has 1 aromatic heterocycles. The number of hydrogen-bond acceptors (Lipinski definition) is 3. The van der Waals surface area contributed by atoms with Crippen LogP contribution in [-0.4, -0.2) is 13.7 Å². The number of rotatable bonds is 5. The first kappa shape index (κ1) is 14.4. The van der Waals surface area contributed by atoms with Crippen molar-refractivity contribution in [2.75, 3.05) is 13.7 Å². The SMILES string of the molecule is CCOc1cccc(C(NC)c2scc(C)c2Cl)c1. The van der Waals surface area contributed by atoms with E-state index in [-0.39, 0.29) is 6.04 Å². The Morgan fingerprint density at radius 3 is 2.79 bits per heavy atom. The summed E-state index contributed by atoms with van der Waals surface area (Å²) in [6, 6.07) is 8.25. The van der Waals surface area contributed by atoms with Crippen LogP contribution < -0.4 is 10.1 Å². The van der Waals surface area contributed by atoms with Crippen LogP contribution >= 0.6 is 22.9 Å². The number of hydrogen-bond donors (Lipinski definition) is 1. The predicted octanol–water partition coefficient (Wildman–Crippen LogP) is 4.42. The van der Waals surface area contributed by atoms with Gasteiger partial charge in [-0.1, -0.05) is 23.7 Å². The zero-order valence-corrected chi connectivity index (χ0v) is 12.9. The highest BCUT2D eigenvalue weighted by Gasteiger charge is 2.18. The zero-order valence-electron chi connectivity index (χ0n) is 11.4. The number of nitrogens with one attached hydrogen (secondary N) is 1. The lowest BCUT2D eigenvalue weighted by molar-refractivity contribution is 0.339. The van der Waals surface area contributed by atoms with Crippen molar-refractivity contribution in [3.8, 4) is 5.75 Å². The molecule has 0 radical (unpaired) electrons. The van der Waals surface area contributed by atoms with Gasteiger partial charge in [-0.3, -0.25) is 0 Å². The molecule has 2 aromatic rings. The van der Waals surface area contributed by atoms with Gasteiger partial charge in [-0.15, -0.1) is 11.3 Å². The van der Waals surface area contributed by atoms with Gasteiger partial charge in [0.1, 0.15) is 5.75 Å². The minimum Gasteiger partial charge on any atom is -0.494 e. The van der Waals surface area contributed by atoms with Crippen LogP contribution in [0, 0.1) is 6.92 Å². The third-order valence-electron chi connectivity index (χ3n) is 2.98. The lowest BCUT2D eigenvalue weighted by Crippen LogP contribution is -2.17. The van der Waals surface area contributed by atoms with Crippen molar-refractivity contribution in [2.24, 2.45) is 0 Å². The number of halogens is 1. The Kier molecular flexibility index (Phi) is 4.86. The number of benzene rings is 1. The summed E-state index contributed by atoms with van der Waals surface area (Å²) in [5, 5.41) is 6.27. The van der Waals surface area contributed by atoms with Crippen molar-refractivity contribution in [2.45, 2.75) is 19.9 Å². The van der Waals surface area contributed by atoms with E-state index in [2.05, 4.69) is 22.8 Å². The molecule has 0 amide bonds. The van der Waals surface area contributed by atoms with Crippen LogP contribution in [0.4, 0.5) is 0 Å². The number of ether oxygens (including phenoxy) is 1. The minimum atomic E-state index is 0.103. The molecule has 0 aliphatic rings. The first-order valence-electron chi connectivity index (χ1n) is 6.30. The monoisotopic (exact) mass is 295 g/mol. The fourth-order valence-corrected chi connectivity index (χ4v) is 3.48. The van der Waals surface area contributed by atoms with Crippen molar-refractivity contribution >= 4 is 22.9 Å². The van der Waals surface area contributed by atoms with Gasteiger partial charge in [-0.25, -0.2) is 0 Å². The van der Waals surface area contributed by atoms with Crippen molar-refractivity contribution in [1.29, 1.82) is 0 Å². The van der Waals surface area contributed by atoms with E-state index < -0.39 is 0 Å². The zero-order chi connectivity index (χ0) is 13.8. The maximum atomic E-state index is 6.37. The Bertz CT molecular complexity index is 553. The summed E-state index contributed by atoms with van der Waals surface area (Å²) in [5.41, 5.74) is 2.29. The average molecular weight is 296 g/mol. The summed E-state index contributed by atoms with van der Waals surface area (Å²) < 4.78 is 5.56. The van der Waals surface area contributed by atoms with Gasteiger partial charge in [0.2, 0.25) is 0 Å². The topological polar surface area (TPSA) is 21.3 Å². The quantitative estimate of drug-likeness (QED) is 0.882. The van der Waals surface area contributed by atoms with Crippen LogP contribution in [-0.2, 0) is 0 Å². The van der Waals surface area contributed by atoms with E-state index in [0.717, 1.165) is 26.8 Å². The third kappa shape index (κ3) is 3.11. The van der Waals surface area contributed by atoms with Crippen LogP contribution in [0.3, 0.4) is 0 Å². The fourth-order valence-electron chi connectivity index (χ4n) is 2.04. The second-order valence-electron chi connectivity index (χ2n) is 4.32. The molecule has 0 bridgehead atoms. The summed E-state index contributed by atoms with van der Waals surface area (Å²) in [4.78, 5) is 1.15. The molecule has 2 rings (SSSR count). The third-order valence-corrected chi connectivity index (χ3v) is 4.76. The van der Waals surface area contributed by atoms with Crippen LogP contribution in [0.5, 0.6) is 5.75 Å². The summed E-state index contributed by atoms with van der Waals surface area (Å²) in [7, 11) is 1.95. The lowest BCUT2D eigenvalue weighted by atomic mass is 10.0. The Morgan fingerprint density at radius 2 is 2.21 bits per heavy atom. The second-order valence-corrected chi connectivity index (χ2v) is 5.61. The highest BCUT2D eigenvalue weighted by molar-refractivity contribution is 7.10. The molecule has 0 saturated heterocycles. The molecule has 0 aliphatic heterocycles. The van der Waals surface area contributed by atoms with Gasteiger partial charge >= 0.3 is 0 Å². The molecule has 102 valence electrons. The molecule has 0 fully saturated rings. The fraction of sp³-hybridized carbons (Fsp3) is 0.333. The van der Waals surface area contributed by atoms with Crippen LogP contribution in [0.15, 0.2) is 29.6 Å². The van der Waals surface area contributed by atoms with E-state index >= 15 is 0 Å². The van der Waals surface area contributed by atoms with Gasteiger partial charge in [0.15, 0.2) is 0 Å². The summed E-state index contributed by atoms with van der Waals surface area (Å²) in [6.07, 6.45) is 0. The average Bonchev–Trinajstić information content (AvgIpc) is 2.73. The molecular formula is C15H18ClNOS. The first-order chi connectivity index (χ1) is 9.17. The lowest BCUT2D eigenvalue weighted by Gasteiger charge is -2.17. The second kappa shape index (κ2) is 6.42. The number of thiophene rings is 1. The molecule has 4 heteroatoms. The summed E-state index contributed by atoms with van der Waals surface area (Å²) in [6.45, 7) is 4.69. The standard InChI is InChI=1S/C15H18ClNOS/c1-4-18-12-7-5-6-11(8-12)14(17-3)15-13(16)10(2)9-19-15/h5-9,14,17H,4H2,1-3H3. The predicted molar refractivity (Wildman–Crippen MR) is 82.6 cm³/mol.